The van der Waals surface area contributed by atoms with Gasteiger partial charge in [-0.3, -0.25) is 0 Å². The maximum Gasteiger partial charge on any atom is 0.184 e. The Morgan fingerprint density at radius 3 is 1.44 bits per heavy atom. The Balaban J connectivity index is 2.33. The van der Waals surface area contributed by atoms with E-state index in [1.807, 2.05) is 0 Å². The Bertz CT molecular complexity index is 162. The molecule has 0 saturated heterocycles. The van der Waals surface area contributed by atoms with Crippen LogP contribution in [0.5, 0.6) is 0 Å². The zero-order valence-electron chi connectivity index (χ0n) is 11.6. The van der Waals surface area contributed by atoms with Crippen LogP contribution in [0.2, 0.25) is 19.6 Å². The van der Waals surface area contributed by atoms with E-state index in [1.54, 1.807) is 0 Å². The van der Waals surface area contributed by atoms with Gasteiger partial charge in [0.25, 0.3) is 0 Å². The van der Waals surface area contributed by atoms with Crippen LogP contribution < -0.4 is 0 Å². The summed E-state index contributed by atoms with van der Waals surface area (Å²) in [5.74, 6) is 0. The first-order valence-corrected chi connectivity index (χ1v) is 10.7. The maximum absolute atomic E-state index is 6.29. The molecule has 0 spiro atoms. The van der Waals surface area contributed by atoms with Gasteiger partial charge in [0.15, 0.2) is 8.32 Å². The van der Waals surface area contributed by atoms with Crippen molar-refractivity contribution in [1.29, 1.82) is 0 Å². The quantitative estimate of drug-likeness (QED) is 0.611. The van der Waals surface area contributed by atoms with E-state index in [-0.39, 0.29) is 0 Å². The number of rotatable bonds is 2. The van der Waals surface area contributed by atoms with Crippen LogP contribution in [-0.4, -0.2) is 14.4 Å². The van der Waals surface area contributed by atoms with E-state index in [4.69, 9.17) is 4.43 Å². The average Bonchev–Trinajstić information content (AvgIpc) is 2.22. The fraction of sp³-hybridized carbons (Fsp3) is 1.00. The molecule has 0 heterocycles. The van der Waals surface area contributed by atoms with Gasteiger partial charge >= 0.3 is 0 Å². The molecule has 1 rings (SSSR count). The second-order valence-corrected chi connectivity index (χ2v) is 10.7. The minimum Gasteiger partial charge on any atom is -0.415 e. The van der Waals surface area contributed by atoms with Gasteiger partial charge in [-0.05, 0) is 32.5 Å². The molecule has 1 nitrogen and oxygen atoms in total. The summed E-state index contributed by atoms with van der Waals surface area (Å²) in [5, 5.41) is 0. The zero-order valence-corrected chi connectivity index (χ0v) is 12.6. The highest BCUT2D eigenvalue weighted by molar-refractivity contribution is 6.69. The highest BCUT2D eigenvalue weighted by Crippen LogP contribution is 2.21. The summed E-state index contributed by atoms with van der Waals surface area (Å²) in [6.45, 7) is 6.95. The Morgan fingerprint density at radius 1 is 0.688 bits per heavy atom. The van der Waals surface area contributed by atoms with Crippen LogP contribution in [0.15, 0.2) is 0 Å². The number of hydrogen-bond acceptors (Lipinski definition) is 1. The summed E-state index contributed by atoms with van der Waals surface area (Å²) in [4.78, 5) is 0. The molecule has 96 valence electrons. The van der Waals surface area contributed by atoms with E-state index in [1.165, 1.54) is 64.2 Å². The topological polar surface area (TPSA) is 9.23 Å². The Hall–Kier alpha value is 0.177. The maximum atomic E-state index is 6.29. The third kappa shape index (κ3) is 7.45. The number of hydrogen-bond donors (Lipinski definition) is 0. The molecule has 0 aromatic heterocycles. The van der Waals surface area contributed by atoms with E-state index in [9.17, 15) is 0 Å². The van der Waals surface area contributed by atoms with Crippen LogP contribution in [0.25, 0.3) is 0 Å². The first-order chi connectivity index (χ1) is 7.58. The molecule has 1 saturated carbocycles. The van der Waals surface area contributed by atoms with Crippen LogP contribution >= 0.6 is 0 Å². The standard InChI is InChI=1S/C14H30OSi/c1-16(2,3)15-14-12-10-8-6-4-5-7-9-11-13-14/h14H,4-13H2,1-3H3. The molecule has 0 aliphatic heterocycles. The zero-order chi connectivity index (χ0) is 11.9. The lowest BCUT2D eigenvalue weighted by atomic mass is 10.1. The summed E-state index contributed by atoms with van der Waals surface area (Å²) in [6, 6.07) is 0. The molecule has 1 aliphatic carbocycles. The smallest absolute Gasteiger partial charge is 0.184 e. The van der Waals surface area contributed by atoms with Crippen molar-refractivity contribution in [3.05, 3.63) is 0 Å². The van der Waals surface area contributed by atoms with Crippen molar-refractivity contribution in [3.63, 3.8) is 0 Å². The van der Waals surface area contributed by atoms with Crippen molar-refractivity contribution in [1.82, 2.24) is 0 Å². The molecule has 0 N–H and O–H groups in total. The molecule has 0 bridgehead atoms. The molecule has 2 heteroatoms. The normalized spacial score (nSPS) is 22.7. The third-order valence-corrected chi connectivity index (χ3v) is 4.36. The molecule has 0 aromatic carbocycles. The van der Waals surface area contributed by atoms with E-state index < -0.39 is 8.32 Å². The summed E-state index contributed by atoms with van der Waals surface area (Å²) < 4.78 is 6.29. The Morgan fingerprint density at radius 2 is 1.06 bits per heavy atom. The van der Waals surface area contributed by atoms with Crippen molar-refractivity contribution in [3.8, 4) is 0 Å². The highest BCUT2D eigenvalue weighted by atomic mass is 28.4. The van der Waals surface area contributed by atoms with Gasteiger partial charge in [0.1, 0.15) is 0 Å². The average molecular weight is 242 g/mol. The van der Waals surface area contributed by atoms with Gasteiger partial charge in [0.2, 0.25) is 0 Å². The van der Waals surface area contributed by atoms with Crippen LogP contribution in [0.4, 0.5) is 0 Å². The van der Waals surface area contributed by atoms with E-state index in [2.05, 4.69) is 19.6 Å². The third-order valence-electron chi connectivity index (χ3n) is 3.32. The molecule has 0 radical (unpaired) electrons. The molecule has 0 aromatic rings. The monoisotopic (exact) mass is 242 g/mol. The van der Waals surface area contributed by atoms with Crippen molar-refractivity contribution in [2.75, 3.05) is 0 Å². The molecule has 1 aliphatic rings. The van der Waals surface area contributed by atoms with Crippen molar-refractivity contribution in [2.45, 2.75) is 90.0 Å². The SMILES string of the molecule is C[Si](C)(C)OC1CCCCCCCCCC1. The first-order valence-electron chi connectivity index (χ1n) is 7.26. The molecule has 0 amide bonds. The Kier molecular flexibility index (Phi) is 6.67. The fourth-order valence-electron chi connectivity index (χ4n) is 2.57. The van der Waals surface area contributed by atoms with E-state index in [0.29, 0.717) is 6.10 Å². The summed E-state index contributed by atoms with van der Waals surface area (Å²) in [6.07, 6.45) is 14.6. The molecule has 1 fully saturated rings. The first kappa shape index (κ1) is 14.2. The van der Waals surface area contributed by atoms with Crippen LogP contribution in [-0.2, 0) is 4.43 Å². The van der Waals surface area contributed by atoms with Gasteiger partial charge in [-0.15, -0.1) is 0 Å². The summed E-state index contributed by atoms with van der Waals surface area (Å²) in [7, 11) is -1.33. The molecular weight excluding hydrogens is 212 g/mol. The minimum absolute atomic E-state index is 0.574. The molecule has 16 heavy (non-hydrogen) atoms. The lowest BCUT2D eigenvalue weighted by Gasteiger charge is -2.26. The highest BCUT2D eigenvalue weighted by Gasteiger charge is 2.20. The van der Waals surface area contributed by atoms with Gasteiger partial charge < -0.3 is 4.43 Å². The van der Waals surface area contributed by atoms with Crippen molar-refractivity contribution in [2.24, 2.45) is 0 Å². The fourth-order valence-corrected chi connectivity index (χ4v) is 3.80. The molecule has 0 unspecified atom stereocenters. The van der Waals surface area contributed by atoms with Crippen molar-refractivity contribution >= 4 is 8.32 Å². The second kappa shape index (κ2) is 7.49. The van der Waals surface area contributed by atoms with Crippen LogP contribution in [0, 0.1) is 0 Å². The van der Waals surface area contributed by atoms with Gasteiger partial charge in [-0.25, -0.2) is 0 Å². The van der Waals surface area contributed by atoms with E-state index >= 15 is 0 Å². The summed E-state index contributed by atoms with van der Waals surface area (Å²) in [5.41, 5.74) is 0. The summed E-state index contributed by atoms with van der Waals surface area (Å²) >= 11 is 0. The van der Waals surface area contributed by atoms with E-state index in [0.717, 1.165) is 0 Å². The predicted octanol–water partition coefficient (Wildman–Crippen LogP) is 5.12. The lowest BCUT2D eigenvalue weighted by molar-refractivity contribution is 0.166. The molecule has 0 atom stereocenters. The van der Waals surface area contributed by atoms with Crippen molar-refractivity contribution < 1.29 is 4.43 Å². The van der Waals surface area contributed by atoms with Crippen LogP contribution in [0.3, 0.4) is 0 Å². The minimum atomic E-state index is -1.33. The van der Waals surface area contributed by atoms with Gasteiger partial charge in [-0.2, -0.15) is 0 Å². The predicted molar refractivity (Wildman–Crippen MR) is 74.4 cm³/mol. The van der Waals surface area contributed by atoms with Gasteiger partial charge in [-0.1, -0.05) is 51.4 Å². The van der Waals surface area contributed by atoms with Crippen LogP contribution in [0.1, 0.15) is 64.2 Å². The van der Waals surface area contributed by atoms with Gasteiger partial charge in [0, 0.05) is 6.10 Å². The second-order valence-electron chi connectivity index (χ2n) is 6.26. The largest absolute Gasteiger partial charge is 0.415 e. The molecular formula is C14H30OSi. The van der Waals surface area contributed by atoms with Gasteiger partial charge in [0.05, 0.1) is 0 Å². The lowest BCUT2D eigenvalue weighted by Crippen LogP contribution is -2.32. The Labute approximate surface area is 103 Å².